The lowest BCUT2D eigenvalue weighted by atomic mass is 9.85. The molecular weight excluding hydrogens is 448 g/mol. The molecule has 1 saturated heterocycles. The van der Waals surface area contributed by atoms with E-state index in [0.717, 1.165) is 24.3 Å². The Kier molecular flexibility index (Phi) is 10.4. The van der Waals surface area contributed by atoms with Crippen molar-refractivity contribution in [3.63, 3.8) is 0 Å². The van der Waals surface area contributed by atoms with Gasteiger partial charge in [-0.05, 0) is 43.0 Å². The summed E-state index contributed by atoms with van der Waals surface area (Å²) in [4.78, 5) is 41.8. The van der Waals surface area contributed by atoms with Crippen LogP contribution in [0.2, 0.25) is 0 Å². The van der Waals surface area contributed by atoms with E-state index in [9.17, 15) is 19.6 Å². The first-order valence-corrected chi connectivity index (χ1v) is 12.4. The monoisotopic (exact) mass is 490 g/mol. The second-order valence-corrected chi connectivity index (χ2v) is 10.4. The summed E-state index contributed by atoms with van der Waals surface area (Å²) in [7, 11) is 1.64. The molecule has 3 amide bonds. The third-order valence-electron chi connectivity index (χ3n) is 6.55. The molecule has 9 heteroatoms. The van der Waals surface area contributed by atoms with Gasteiger partial charge in [-0.3, -0.25) is 19.6 Å². The zero-order valence-corrected chi connectivity index (χ0v) is 22.0. The fraction of sp³-hybridized carbons (Fsp3) is 0.654. The fourth-order valence-electron chi connectivity index (χ4n) is 4.43. The molecule has 3 atom stereocenters. The molecule has 35 heavy (non-hydrogen) atoms. The molecule has 1 aliphatic heterocycles. The van der Waals surface area contributed by atoms with Gasteiger partial charge in [-0.1, -0.05) is 40.5 Å². The number of carbonyl (C=O) groups excluding carboxylic acids is 3. The predicted octanol–water partition coefficient (Wildman–Crippen LogP) is 2.92. The molecule has 0 aromatic heterocycles. The molecule has 196 valence electrons. The van der Waals surface area contributed by atoms with Gasteiger partial charge < -0.3 is 19.9 Å². The van der Waals surface area contributed by atoms with Crippen molar-refractivity contribution >= 4 is 23.9 Å². The van der Waals surface area contributed by atoms with Crippen LogP contribution in [0.5, 0.6) is 5.75 Å². The number of unbranched alkanes of at least 4 members (excludes halogenated alkanes) is 1. The van der Waals surface area contributed by atoms with Crippen LogP contribution in [0.3, 0.4) is 0 Å². The highest BCUT2D eigenvalue weighted by Crippen LogP contribution is 2.26. The van der Waals surface area contributed by atoms with Crippen molar-refractivity contribution in [2.24, 2.45) is 11.3 Å². The minimum Gasteiger partial charge on any atom is -0.497 e. The number of hydroxylamine groups is 2. The van der Waals surface area contributed by atoms with Crippen LogP contribution in [0.1, 0.15) is 53.9 Å². The van der Waals surface area contributed by atoms with Gasteiger partial charge in [0.2, 0.25) is 18.2 Å². The number of rotatable bonds is 11. The quantitative estimate of drug-likeness (QED) is 0.281. The van der Waals surface area contributed by atoms with Crippen LogP contribution in [0.4, 0.5) is 5.69 Å². The standard InChI is InChI=1S/C26H42N4O5/c1-7-8-9-20(17-29(34)18-31)24(32)27-23(26(3,4)5)25(33)28-14-15-30(19(2)16-28)21-10-12-22(35-6)13-11-21/h10-13,18-20,23,34H,7-9,14-17H2,1-6H3,(H,27,32)/t19?,20-,23-/m1/s1. The van der Waals surface area contributed by atoms with Crippen molar-refractivity contribution in [1.82, 2.24) is 15.3 Å². The number of amides is 3. The SMILES string of the molecule is CCCC[C@H](CN(O)C=O)C(=O)N[C@H](C(=O)N1CCN(c2ccc(OC)cc2)C(C)C1)C(C)(C)C. The molecule has 0 radical (unpaired) electrons. The molecule has 1 unspecified atom stereocenters. The van der Waals surface area contributed by atoms with Crippen molar-refractivity contribution in [3.8, 4) is 5.75 Å². The summed E-state index contributed by atoms with van der Waals surface area (Å²) in [6.07, 6.45) is 2.48. The molecular formula is C26H42N4O5. The lowest BCUT2D eigenvalue weighted by Crippen LogP contribution is -2.61. The summed E-state index contributed by atoms with van der Waals surface area (Å²) in [5, 5.41) is 13.1. The van der Waals surface area contributed by atoms with Crippen molar-refractivity contribution in [1.29, 1.82) is 0 Å². The van der Waals surface area contributed by atoms with E-state index in [2.05, 4.69) is 17.1 Å². The van der Waals surface area contributed by atoms with E-state index >= 15 is 0 Å². The number of ether oxygens (including phenoxy) is 1. The van der Waals surface area contributed by atoms with E-state index < -0.39 is 17.4 Å². The molecule has 1 aromatic rings. The normalized spacial score (nSPS) is 18.0. The number of hydrogen-bond donors (Lipinski definition) is 2. The number of piperazine rings is 1. The first-order chi connectivity index (χ1) is 16.5. The largest absolute Gasteiger partial charge is 0.497 e. The number of carbonyl (C=O) groups is 3. The van der Waals surface area contributed by atoms with Gasteiger partial charge in [0.15, 0.2) is 0 Å². The van der Waals surface area contributed by atoms with E-state index in [0.29, 0.717) is 37.5 Å². The maximum atomic E-state index is 13.6. The molecule has 2 rings (SSSR count). The van der Waals surface area contributed by atoms with Gasteiger partial charge >= 0.3 is 0 Å². The molecule has 1 heterocycles. The molecule has 1 aromatic carbocycles. The zero-order chi connectivity index (χ0) is 26.2. The summed E-state index contributed by atoms with van der Waals surface area (Å²) in [5.74, 6) is -0.225. The highest BCUT2D eigenvalue weighted by Gasteiger charge is 2.39. The van der Waals surface area contributed by atoms with Crippen LogP contribution >= 0.6 is 0 Å². The number of nitrogens with zero attached hydrogens (tertiary/aromatic N) is 3. The van der Waals surface area contributed by atoms with Crippen LogP contribution in [0, 0.1) is 11.3 Å². The van der Waals surface area contributed by atoms with Crippen LogP contribution in [-0.4, -0.2) is 78.8 Å². The molecule has 0 spiro atoms. The number of benzene rings is 1. The lowest BCUT2D eigenvalue weighted by molar-refractivity contribution is -0.155. The van der Waals surface area contributed by atoms with Gasteiger partial charge in [0.25, 0.3) is 0 Å². The Balaban J connectivity index is 2.11. The predicted molar refractivity (Wildman–Crippen MR) is 135 cm³/mol. The Morgan fingerprint density at radius 3 is 2.43 bits per heavy atom. The number of hydrogen-bond acceptors (Lipinski definition) is 6. The smallest absolute Gasteiger partial charge is 0.245 e. The van der Waals surface area contributed by atoms with Crippen molar-refractivity contribution < 1.29 is 24.3 Å². The summed E-state index contributed by atoms with van der Waals surface area (Å²) in [6, 6.07) is 7.28. The van der Waals surface area contributed by atoms with Gasteiger partial charge in [-0.15, -0.1) is 0 Å². The Bertz CT molecular complexity index is 839. The van der Waals surface area contributed by atoms with E-state index in [1.165, 1.54) is 0 Å². The highest BCUT2D eigenvalue weighted by molar-refractivity contribution is 5.89. The second-order valence-electron chi connectivity index (χ2n) is 10.4. The van der Waals surface area contributed by atoms with E-state index in [4.69, 9.17) is 4.74 Å². The molecule has 9 nitrogen and oxygen atoms in total. The third kappa shape index (κ3) is 7.85. The third-order valence-corrected chi connectivity index (χ3v) is 6.55. The number of nitrogens with one attached hydrogen (secondary N) is 1. The van der Waals surface area contributed by atoms with Gasteiger partial charge in [0.1, 0.15) is 11.8 Å². The number of anilines is 1. The van der Waals surface area contributed by atoms with Crippen molar-refractivity contribution in [2.45, 2.75) is 66.0 Å². The first kappa shape index (κ1) is 28.4. The summed E-state index contributed by atoms with van der Waals surface area (Å²) >= 11 is 0. The molecule has 1 fully saturated rings. The average Bonchev–Trinajstić information content (AvgIpc) is 2.83. The topological polar surface area (TPSA) is 102 Å². The van der Waals surface area contributed by atoms with Gasteiger partial charge in [0, 0.05) is 31.4 Å². The van der Waals surface area contributed by atoms with E-state index in [1.54, 1.807) is 7.11 Å². The van der Waals surface area contributed by atoms with E-state index in [-0.39, 0.29) is 24.4 Å². The Labute approximate surface area is 209 Å². The summed E-state index contributed by atoms with van der Waals surface area (Å²) in [6.45, 7) is 11.6. The average molecular weight is 491 g/mol. The van der Waals surface area contributed by atoms with Crippen molar-refractivity contribution in [2.75, 3.05) is 38.2 Å². The Morgan fingerprint density at radius 1 is 1.26 bits per heavy atom. The highest BCUT2D eigenvalue weighted by atomic mass is 16.5. The maximum Gasteiger partial charge on any atom is 0.245 e. The minimum absolute atomic E-state index is 0.0992. The summed E-state index contributed by atoms with van der Waals surface area (Å²) < 4.78 is 5.25. The van der Waals surface area contributed by atoms with Gasteiger partial charge in [-0.25, -0.2) is 5.06 Å². The molecule has 0 saturated carbocycles. The molecule has 0 bridgehead atoms. The number of methoxy groups -OCH3 is 1. The zero-order valence-electron chi connectivity index (χ0n) is 22.0. The van der Waals surface area contributed by atoms with Crippen LogP contribution < -0.4 is 15.0 Å². The first-order valence-electron chi connectivity index (χ1n) is 12.4. The molecule has 1 aliphatic rings. The molecule has 0 aliphatic carbocycles. The van der Waals surface area contributed by atoms with Crippen LogP contribution in [0.25, 0.3) is 0 Å². The Hall–Kier alpha value is -2.81. The van der Waals surface area contributed by atoms with Gasteiger partial charge in [-0.2, -0.15) is 0 Å². The van der Waals surface area contributed by atoms with Crippen LogP contribution in [-0.2, 0) is 14.4 Å². The second kappa shape index (κ2) is 12.8. The van der Waals surface area contributed by atoms with Crippen LogP contribution in [0.15, 0.2) is 24.3 Å². The summed E-state index contributed by atoms with van der Waals surface area (Å²) in [5.41, 5.74) is 0.565. The maximum absolute atomic E-state index is 13.6. The minimum atomic E-state index is -0.720. The van der Waals surface area contributed by atoms with Crippen molar-refractivity contribution in [3.05, 3.63) is 24.3 Å². The molecule has 2 N–H and O–H groups in total. The van der Waals surface area contributed by atoms with Gasteiger partial charge in [0.05, 0.1) is 19.6 Å². The van der Waals surface area contributed by atoms with E-state index in [1.807, 2.05) is 56.9 Å². The Morgan fingerprint density at radius 2 is 1.91 bits per heavy atom. The lowest BCUT2D eigenvalue weighted by Gasteiger charge is -2.44. The fourth-order valence-corrected chi connectivity index (χ4v) is 4.43.